The van der Waals surface area contributed by atoms with Crippen LogP contribution in [-0.4, -0.2) is 37.7 Å². The molecule has 0 heterocycles. The monoisotopic (exact) mass is 696 g/mol. The molecule has 0 aliphatic rings. The fraction of sp³-hybridized carbons (Fsp3) is 0.214. The molecule has 0 bridgehead atoms. The van der Waals surface area contributed by atoms with Gasteiger partial charge in [-0.25, -0.2) is 5.43 Å². The van der Waals surface area contributed by atoms with Crippen molar-refractivity contribution in [1.82, 2.24) is 10.7 Å². The summed E-state index contributed by atoms with van der Waals surface area (Å²) in [6.45, 7) is 4.14. The molecule has 9 nitrogen and oxygen atoms in total. The molecule has 0 unspecified atom stereocenters. The molecule has 12 heteroatoms. The SMILES string of the molecule is COc1cc(/C=N\NC(=O)C(=O)NCc2ccc(C(C)C)cc2)cc(I)c1OCC(=O)Nc1ccc(Cl)c(Cl)c1. The highest BCUT2D eigenvalue weighted by Gasteiger charge is 2.15. The van der Waals surface area contributed by atoms with E-state index in [2.05, 4.69) is 35.0 Å². The van der Waals surface area contributed by atoms with Crippen LogP contribution < -0.4 is 25.5 Å². The second-order valence-electron chi connectivity index (χ2n) is 8.78. The van der Waals surface area contributed by atoms with Gasteiger partial charge in [-0.15, -0.1) is 0 Å². The van der Waals surface area contributed by atoms with Gasteiger partial charge in [0.05, 0.1) is 26.9 Å². The summed E-state index contributed by atoms with van der Waals surface area (Å²) in [6, 6.07) is 15.9. The van der Waals surface area contributed by atoms with Gasteiger partial charge in [0, 0.05) is 12.2 Å². The smallest absolute Gasteiger partial charge is 0.329 e. The second-order valence-corrected chi connectivity index (χ2v) is 10.8. The highest BCUT2D eigenvalue weighted by molar-refractivity contribution is 14.1. The normalized spacial score (nSPS) is 10.9. The van der Waals surface area contributed by atoms with Crippen LogP contribution in [-0.2, 0) is 20.9 Å². The lowest BCUT2D eigenvalue weighted by Crippen LogP contribution is -2.37. The standard InChI is InChI=1S/C28H27Cl2IN4O5/c1-16(2)19-6-4-17(5-7-19)13-32-27(37)28(38)35-33-14-18-10-23(31)26(24(11-18)39-3)40-15-25(36)34-20-8-9-21(29)22(30)12-20/h4-12,14,16H,13,15H2,1-3H3,(H,32,37)(H,34,36)(H,35,38)/b33-14-. The van der Waals surface area contributed by atoms with Gasteiger partial charge in [0.25, 0.3) is 5.91 Å². The fourth-order valence-corrected chi connectivity index (χ4v) is 4.44. The number of amides is 3. The number of carbonyl (C=O) groups excluding carboxylic acids is 3. The molecule has 0 saturated carbocycles. The number of nitrogens with one attached hydrogen (secondary N) is 3. The number of methoxy groups -OCH3 is 1. The maximum absolute atomic E-state index is 12.3. The van der Waals surface area contributed by atoms with Crippen LogP contribution in [0.25, 0.3) is 0 Å². The van der Waals surface area contributed by atoms with Gasteiger partial charge in [0.1, 0.15) is 0 Å². The molecule has 0 aliphatic heterocycles. The van der Waals surface area contributed by atoms with E-state index in [9.17, 15) is 14.4 Å². The summed E-state index contributed by atoms with van der Waals surface area (Å²) in [6.07, 6.45) is 1.36. The number of nitrogens with zero attached hydrogens (tertiary/aromatic N) is 1. The predicted molar refractivity (Wildman–Crippen MR) is 164 cm³/mol. The number of benzene rings is 3. The van der Waals surface area contributed by atoms with E-state index < -0.39 is 17.7 Å². The molecule has 0 spiro atoms. The fourth-order valence-electron chi connectivity index (χ4n) is 3.36. The zero-order chi connectivity index (χ0) is 29.2. The van der Waals surface area contributed by atoms with Gasteiger partial charge in [0.2, 0.25) is 0 Å². The van der Waals surface area contributed by atoms with E-state index in [0.717, 1.165) is 5.56 Å². The first kappa shape index (κ1) is 31.2. The topological polar surface area (TPSA) is 118 Å². The van der Waals surface area contributed by atoms with Crippen molar-refractivity contribution in [1.29, 1.82) is 0 Å². The van der Waals surface area contributed by atoms with Gasteiger partial charge in [-0.1, -0.05) is 61.3 Å². The van der Waals surface area contributed by atoms with E-state index in [0.29, 0.717) is 42.3 Å². The highest BCUT2D eigenvalue weighted by Crippen LogP contribution is 2.33. The van der Waals surface area contributed by atoms with Gasteiger partial charge < -0.3 is 20.1 Å². The molecular formula is C28H27Cl2IN4O5. The Labute approximate surface area is 255 Å². The van der Waals surface area contributed by atoms with Crippen molar-refractivity contribution in [2.75, 3.05) is 19.0 Å². The average molecular weight is 697 g/mol. The zero-order valence-electron chi connectivity index (χ0n) is 21.9. The molecule has 3 aromatic rings. The van der Waals surface area contributed by atoms with Crippen molar-refractivity contribution in [3.63, 3.8) is 0 Å². The number of carbonyl (C=O) groups is 3. The molecule has 0 saturated heterocycles. The quantitative estimate of drug-likeness (QED) is 0.112. The van der Waals surface area contributed by atoms with Crippen LogP contribution in [0.5, 0.6) is 11.5 Å². The number of rotatable bonds is 10. The van der Waals surface area contributed by atoms with Gasteiger partial charge in [-0.05, 0) is 75.5 Å². The Balaban J connectivity index is 1.53. The van der Waals surface area contributed by atoms with Gasteiger partial charge in [-0.3, -0.25) is 14.4 Å². The van der Waals surface area contributed by atoms with E-state index in [1.165, 1.54) is 25.0 Å². The number of anilines is 1. The van der Waals surface area contributed by atoms with Crippen molar-refractivity contribution in [3.8, 4) is 11.5 Å². The molecule has 40 heavy (non-hydrogen) atoms. The van der Waals surface area contributed by atoms with E-state index in [-0.39, 0.29) is 13.2 Å². The summed E-state index contributed by atoms with van der Waals surface area (Å²) in [4.78, 5) is 36.6. The highest BCUT2D eigenvalue weighted by atomic mass is 127. The minimum Gasteiger partial charge on any atom is -0.493 e. The average Bonchev–Trinajstić information content (AvgIpc) is 2.93. The van der Waals surface area contributed by atoms with Gasteiger partial charge in [0.15, 0.2) is 18.1 Å². The van der Waals surface area contributed by atoms with Crippen LogP contribution in [0.15, 0.2) is 59.7 Å². The third kappa shape index (κ3) is 9.10. The molecule has 3 aromatic carbocycles. The molecule has 210 valence electrons. The van der Waals surface area contributed by atoms with Crippen LogP contribution in [0.3, 0.4) is 0 Å². The zero-order valence-corrected chi connectivity index (χ0v) is 25.6. The van der Waals surface area contributed by atoms with Gasteiger partial charge >= 0.3 is 11.8 Å². The minimum absolute atomic E-state index is 0.219. The van der Waals surface area contributed by atoms with Crippen molar-refractivity contribution >= 4 is 75.4 Å². The molecule has 3 N–H and O–H groups in total. The second kappa shape index (κ2) is 14.9. The lowest BCUT2D eigenvalue weighted by atomic mass is 10.0. The molecule has 0 atom stereocenters. The van der Waals surface area contributed by atoms with Crippen molar-refractivity contribution < 1.29 is 23.9 Å². The maximum atomic E-state index is 12.3. The first-order valence-corrected chi connectivity index (χ1v) is 13.9. The van der Waals surface area contributed by atoms with Crippen LogP contribution in [0.2, 0.25) is 10.0 Å². The Morgan fingerprint density at radius 1 is 1.00 bits per heavy atom. The van der Waals surface area contributed by atoms with Crippen LogP contribution in [0.4, 0.5) is 5.69 Å². The van der Waals surface area contributed by atoms with Crippen LogP contribution >= 0.6 is 45.8 Å². The Kier molecular flexibility index (Phi) is 11.6. The summed E-state index contributed by atoms with van der Waals surface area (Å²) in [5, 5.41) is 9.80. The Morgan fingerprint density at radius 3 is 2.38 bits per heavy atom. The Morgan fingerprint density at radius 2 is 1.73 bits per heavy atom. The van der Waals surface area contributed by atoms with E-state index in [1.54, 1.807) is 24.3 Å². The van der Waals surface area contributed by atoms with Crippen LogP contribution in [0.1, 0.15) is 36.5 Å². The largest absolute Gasteiger partial charge is 0.493 e. The number of hydrogen-bond acceptors (Lipinski definition) is 6. The molecular weight excluding hydrogens is 670 g/mol. The molecule has 3 amide bonds. The first-order chi connectivity index (χ1) is 19.1. The number of hydrogen-bond donors (Lipinski definition) is 3. The maximum Gasteiger partial charge on any atom is 0.329 e. The van der Waals surface area contributed by atoms with E-state index >= 15 is 0 Å². The van der Waals surface area contributed by atoms with Crippen molar-refractivity contribution in [2.45, 2.75) is 26.3 Å². The Hall–Kier alpha value is -3.35. The Bertz CT molecular complexity index is 1410. The lowest BCUT2D eigenvalue weighted by Gasteiger charge is -2.13. The van der Waals surface area contributed by atoms with Crippen molar-refractivity contribution in [2.24, 2.45) is 5.10 Å². The van der Waals surface area contributed by atoms with Crippen molar-refractivity contribution in [3.05, 3.63) is 84.9 Å². The molecule has 3 rings (SSSR count). The molecule has 0 aliphatic carbocycles. The third-order valence-electron chi connectivity index (χ3n) is 5.49. The third-order valence-corrected chi connectivity index (χ3v) is 7.03. The summed E-state index contributed by atoms with van der Waals surface area (Å²) < 4.78 is 11.7. The van der Waals surface area contributed by atoms with Gasteiger partial charge in [-0.2, -0.15) is 5.10 Å². The first-order valence-electron chi connectivity index (χ1n) is 12.0. The number of hydrazone groups is 1. The minimum atomic E-state index is -0.898. The summed E-state index contributed by atoms with van der Waals surface area (Å²) in [5.74, 6) is -0.996. The lowest BCUT2D eigenvalue weighted by molar-refractivity contribution is -0.139. The number of halogens is 3. The summed E-state index contributed by atoms with van der Waals surface area (Å²) in [5.41, 5.74) is 5.33. The number of ether oxygens (including phenoxy) is 2. The molecule has 0 radical (unpaired) electrons. The molecule has 0 aromatic heterocycles. The summed E-state index contributed by atoms with van der Waals surface area (Å²) >= 11 is 13.9. The summed E-state index contributed by atoms with van der Waals surface area (Å²) in [7, 11) is 1.46. The predicted octanol–water partition coefficient (Wildman–Crippen LogP) is 5.51. The van der Waals surface area contributed by atoms with Crippen LogP contribution in [0, 0.1) is 3.57 Å². The molecule has 0 fully saturated rings. The van der Waals surface area contributed by atoms with E-state index in [4.69, 9.17) is 32.7 Å². The van der Waals surface area contributed by atoms with E-state index in [1.807, 2.05) is 46.9 Å².